The van der Waals surface area contributed by atoms with E-state index in [0.717, 1.165) is 11.6 Å². The van der Waals surface area contributed by atoms with Gasteiger partial charge in [-0.3, -0.25) is 14.4 Å². The van der Waals surface area contributed by atoms with E-state index in [2.05, 4.69) is 26.2 Å². The van der Waals surface area contributed by atoms with Crippen molar-refractivity contribution >= 4 is 52.7 Å². The predicted octanol–water partition coefficient (Wildman–Crippen LogP) is 2.87. The maximum Gasteiger partial charge on any atom is 0.335 e. The third kappa shape index (κ3) is 5.95. The Morgan fingerprint density at radius 3 is 2.59 bits per heavy atom. The Kier molecular flexibility index (Phi) is 8.55. The van der Waals surface area contributed by atoms with Gasteiger partial charge in [0.05, 0.1) is 22.8 Å². The lowest BCUT2D eigenvalue weighted by Gasteiger charge is -2.38. The monoisotopic (exact) mass is 644 g/mol. The summed E-state index contributed by atoms with van der Waals surface area (Å²) in [6.07, 6.45) is 4.03. The zero-order valence-corrected chi connectivity index (χ0v) is 24.8. The fraction of sp³-hybridized carbons (Fsp3) is 0.194. The number of hydrogen-bond acceptors (Lipinski definition) is 8. The highest BCUT2D eigenvalue weighted by molar-refractivity contribution is 6.31. The molecule has 4 aromatic rings. The van der Waals surface area contributed by atoms with Gasteiger partial charge in [0.15, 0.2) is 5.82 Å². The first-order valence-corrected chi connectivity index (χ1v) is 14.6. The molecule has 2 aliphatic rings. The molecule has 0 bridgehead atoms. The van der Waals surface area contributed by atoms with Crippen LogP contribution in [0.1, 0.15) is 33.1 Å². The first-order chi connectivity index (χ1) is 22.2. The zero-order chi connectivity index (χ0) is 32.4. The lowest BCUT2D eigenvalue weighted by Crippen LogP contribution is -2.49. The number of nitrogens with zero attached hydrogens (tertiary/aromatic N) is 6. The van der Waals surface area contributed by atoms with E-state index < -0.39 is 29.6 Å². The van der Waals surface area contributed by atoms with Crippen molar-refractivity contribution < 1.29 is 28.7 Å². The van der Waals surface area contributed by atoms with Crippen molar-refractivity contribution in [1.82, 2.24) is 30.4 Å². The van der Waals surface area contributed by atoms with E-state index in [-0.39, 0.29) is 40.8 Å². The molecule has 0 aliphatic carbocycles. The third-order valence-corrected chi connectivity index (χ3v) is 8.10. The number of hydrogen-bond donors (Lipinski definition) is 3. The summed E-state index contributed by atoms with van der Waals surface area (Å²) in [5, 5.41) is 25.9. The molecule has 3 N–H and O–H groups in total. The molecule has 0 radical (unpaired) electrons. The largest absolute Gasteiger partial charge is 0.478 e. The van der Waals surface area contributed by atoms with Crippen LogP contribution in [-0.2, 0) is 20.8 Å². The van der Waals surface area contributed by atoms with Gasteiger partial charge in [-0.25, -0.2) is 9.18 Å². The molecular weight excluding hydrogens is 619 g/mol. The molecule has 2 aliphatic heterocycles. The molecule has 46 heavy (non-hydrogen) atoms. The van der Waals surface area contributed by atoms with Crippen LogP contribution >= 0.6 is 11.6 Å². The number of aromatic nitrogens is 4. The summed E-state index contributed by atoms with van der Waals surface area (Å²) in [6.45, 7) is 1.35. The average molecular weight is 645 g/mol. The number of tetrazole rings is 1. The van der Waals surface area contributed by atoms with E-state index in [4.69, 9.17) is 11.6 Å². The second kappa shape index (κ2) is 12.9. The fourth-order valence-corrected chi connectivity index (χ4v) is 5.79. The Bertz CT molecular complexity index is 1870. The molecule has 13 nitrogen and oxygen atoms in total. The molecule has 1 saturated heterocycles. The average Bonchev–Trinajstić information content (AvgIpc) is 3.60. The maximum absolute atomic E-state index is 15.2. The van der Waals surface area contributed by atoms with Gasteiger partial charge < -0.3 is 25.5 Å². The molecule has 234 valence electrons. The van der Waals surface area contributed by atoms with Crippen LogP contribution in [0.15, 0.2) is 67.0 Å². The minimum Gasteiger partial charge on any atom is -0.478 e. The molecule has 0 spiro atoms. The molecule has 15 heteroatoms. The number of nitrogens with one attached hydrogen (secondary N) is 2. The van der Waals surface area contributed by atoms with Gasteiger partial charge in [0, 0.05) is 42.6 Å². The van der Waals surface area contributed by atoms with Crippen molar-refractivity contribution in [2.24, 2.45) is 0 Å². The molecule has 1 unspecified atom stereocenters. The number of piperazine rings is 1. The molecule has 1 fully saturated rings. The number of anilines is 2. The lowest BCUT2D eigenvalue weighted by molar-refractivity contribution is -0.135. The van der Waals surface area contributed by atoms with Crippen LogP contribution in [0.2, 0.25) is 5.02 Å². The Morgan fingerprint density at radius 1 is 1.07 bits per heavy atom. The van der Waals surface area contributed by atoms with Crippen LogP contribution < -0.4 is 15.5 Å². The minimum absolute atomic E-state index is 0.0374. The van der Waals surface area contributed by atoms with Gasteiger partial charge in [-0.05, 0) is 76.5 Å². The molecule has 3 amide bonds. The molecule has 1 aromatic heterocycles. The Labute approximate surface area is 266 Å². The van der Waals surface area contributed by atoms with Gasteiger partial charge in [-0.15, -0.1) is 5.10 Å². The summed E-state index contributed by atoms with van der Waals surface area (Å²) in [6, 6.07) is 12.6. The maximum atomic E-state index is 15.2. The van der Waals surface area contributed by atoms with Crippen LogP contribution in [0.5, 0.6) is 0 Å². The van der Waals surface area contributed by atoms with Gasteiger partial charge >= 0.3 is 5.97 Å². The number of carboxylic acid groups (broad SMARTS) is 1. The van der Waals surface area contributed by atoms with Crippen molar-refractivity contribution in [3.8, 4) is 5.69 Å². The van der Waals surface area contributed by atoms with Crippen LogP contribution in [0.25, 0.3) is 11.8 Å². The van der Waals surface area contributed by atoms with Gasteiger partial charge in [0.25, 0.3) is 5.91 Å². The highest BCUT2D eigenvalue weighted by Crippen LogP contribution is 2.37. The number of rotatable bonds is 7. The van der Waals surface area contributed by atoms with Crippen molar-refractivity contribution in [2.75, 3.05) is 36.4 Å². The quantitative estimate of drug-likeness (QED) is 0.257. The molecule has 6 rings (SSSR count). The summed E-state index contributed by atoms with van der Waals surface area (Å²) >= 11 is 6.04. The van der Waals surface area contributed by atoms with Crippen LogP contribution in [0.3, 0.4) is 0 Å². The van der Waals surface area contributed by atoms with E-state index in [9.17, 15) is 24.3 Å². The van der Waals surface area contributed by atoms with E-state index in [0.29, 0.717) is 36.4 Å². The third-order valence-electron chi connectivity index (χ3n) is 7.81. The van der Waals surface area contributed by atoms with Crippen molar-refractivity contribution in [2.45, 2.75) is 12.5 Å². The number of aromatic carboxylic acids is 1. The molecule has 3 aromatic carbocycles. The van der Waals surface area contributed by atoms with E-state index >= 15 is 4.39 Å². The smallest absolute Gasteiger partial charge is 0.335 e. The topological polar surface area (TPSA) is 163 Å². The van der Waals surface area contributed by atoms with Crippen molar-refractivity contribution in [3.05, 3.63) is 100 Å². The molecule has 0 saturated carbocycles. The van der Waals surface area contributed by atoms with Crippen molar-refractivity contribution in [3.63, 3.8) is 0 Å². The van der Waals surface area contributed by atoms with Crippen LogP contribution in [-0.4, -0.2) is 80.1 Å². The number of halogens is 2. The summed E-state index contributed by atoms with van der Waals surface area (Å²) in [5.41, 5.74) is 2.53. The van der Waals surface area contributed by atoms with E-state index in [1.54, 1.807) is 17.0 Å². The zero-order valence-electron chi connectivity index (χ0n) is 24.1. The van der Waals surface area contributed by atoms with E-state index in [1.807, 2.05) is 6.07 Å². The predicted molar refractivity (Wildman–Crippen MR) is 165 cm³/mol. The minimum atomic E-state index is -1.14. The van der Waals surface area contributed by atoms with Gasteiger partial charge in [0.1, 0.15) is 12.4 Å². The number of carboxylic acids is 1. The second-order valence-electron chi connectivity index (χ2n) is 10.5. The summed E-state index contributed by atoms with van der Waals surface area (Å²) < 4.78 is 16.4. The Balaban J connectivity index is 1.37. The summed E-state index contributed by atoms with van der Waals surface area (Å²) in [4.78, 5) is 54.9. The van der Waals surface area contributed by atoms with Crippen LogP contribution in [0.4, 0.5) is 15.8 Å². The highest BCUT2D eigenvalue weighted by atomic mass is 35.5. The first kappa shape index (κ1) is 30.6. The Hall–Kier alpha value is -5.47. The van der Waals surface area contributed by atoms with E-state index in [1.165, 1.54) is 58.4 Å². The number of fused-ring (bicyclic) bond motifs is 1. The number of carbonyl (C=O) groups is 4. The standard InChI is InChI=1S/C31H26ClFN8O5/c32-23-9-10-25(41-17-35-37-38-41)22(28(23)33)8-11-26(42)40-14-12-20-21(2-1-3-24(20)39-15-13-34-16-27(39)43)29(40)30(44)36-19-6-4-18(5-7-19)31(45)46/h1-11,17,29,34H,12-16H2,(H,36,44)(H,45,46). The summed E-state index contributed by atoms with van der Waals surface area (Å²) in [5.74, 6) is -3.15. The molecular formula is C31H26ClFN8O5. The highest BCUT2D eigenvalue weighted by Gasteiger charge is 2.37. The number of amides is 3. The fourth-order valence-electron chi connectivity index (χ4n) is 5.63. The summed E-state index contributed by atoms with van der Waals surface area (Å²) in [7, 11) is 0. The van der Waals surface area contributed by atoms with Gasteiger partial charge in [0.2, 0.25) is 11.8 Å². The van der Waals surface area contributed by atoms with Crippen LogP contribution in [0, 0.1) is 5.82 Å². The Morgan fingerprint density at radius 2 is 1.87 bits per heavy atom. The number of benzene rings is 3. The van der Waals surface area contributed by atoms with Crippen molar-refractivity contribution in [1.29, 1.82) is 0 Å². The molecule has 1 atom stereocenters. The lowest BCUT2D eigenvalue weighted by atomic mass is 9.89. The number of carbonyl (C=O) groups excluding carboxylic acids is 3. The van der Waals surface area contributed by atoms with Gasteiger partial charge in [-0.2, -0.15) is 4.68 Å². The first-order valence-electron chi connectivity index (χ1n) is 14.2. The molecule has 3 heterocycles. The van der Waals surface area contributed by atoms with Gasteiger partial charge in [-0.1, -0.05) is 23.7 Å². The second-order valence-corrected chi connectivity index (χ2v) is 10.9. The SMILES string of the molecule is O=C(O)c1ccc(NC(=O)C2c3cccc(N4CCNCC4=O)c3CCN2C(=O)C=Cc2c(-n3cnnn3)ccc(Cl)c2F)cc1. The normalized spacial score (nSPS) is 16.4.